The van der Waals surface area contributed by atoms with Crippen molar-refractivity contribution >= 4 is 22.8 Å². The molecule has 4 aliphatic carbocycles. The quantitative estimate of drug-likeness (QED) is 0.711. The van der Waals surface area contributed by atoms with Crippen molar-refractivity contribution in [3.05, 3.63) is 59.8 Å². The lowest BCUT2D eigenvalue weighted by molar-refractivity contribution is 0.704. The number of rotatable bonds is 2. The minimum Gasteiger partial charge on any atom is -0.309 e. The van der Waals surface area contributed by atoms with Crippen LogP contribution in [-0.2, 0) is 0 Å². The lowest BCUT2D eigenvalue weighted by atomic mass is 9.78. The van der Waals surface area contributed by atoms with Crippen LogP contribution in [0.2, 0.25) is 0 Å². The third kappa shape index (κ3) is 2.52. The van der Waals surface area contributed by atoms with Crippen LogP contribution in [0.1, 0.15) is 12.8 Å². The maximum Gasteiger partial charge on any atom is 0.0423 e. The maximum absolute atomic E-state index is 8.68. The van der Waals surface area contributed by atoms with E-state index in [1.807, 2.05) is 38.4 Å². The van der Waals surface area contributed by atoms with Crippen LogP contribution in [-0.4, -0.2) is 36.9 Å². The van der Waals surface area contributed by atoms with Crippen LogP contribution in [0.25, 0.3) is 0 Å². The number of allylic oxidation sites excluding steroid dienone is 10. The molecule has 4 aliphatic rings. The van der Waals surface area contributed by atoms with Gasteiger partial charge in [0.1, 0.15) is 0 Å². The molecule has 0 saturated heterocycles. The predicted octanol–water partition coefficient (Wildman–Crippen LogP) is 3.99. The summed E-state index contributed by atoms with van der Waals surface area (Å²) in [7, 11) is 3.64. The van der Waals surface area contributed by atoms with Gasteiger partial charge >= 0.3 is 0 Å². The van der Waals surface area contributed by atoms with Gasteiger partial charge in [0.2, 0.25) is 0 Å². The molecule has 0 aromatic heterocycles. The highest BCUT2D eigenvalue weighted by Gasteiger charge is 2.46. The highest BCUT2D eigenvalue weighted by molar-refractivity contribution is 6.10. The number of hydrogen-bond donors (Lipinski definition) is 2. The summed E-state index contributed by atoms with van der Waals surface area (Å²) < 4.78 is 0. The molecule has 0 aromatic rings. The van der Waals surface area contributed by atoms with E-state index in [0.717, 1.165) is 22.8 Å². The topological polar surface area (TPSA) is 72.4 Å². The average Bonchev–Trinajstić information content (AvgIpc) is 3.14. The SMILES string of the molecule is CN=C1C=CC=CC1C1C(=N)CC2=C1CC(=N)C2C1C=CC=CC1=NC. The Morgan fingerprint density at radius 2 is 1.15 bits per heavy atom. The summed E-state index contributed by atoms with van der Waals surface area (Å²) in [5.74, 6) is 0.357. The highest BCUT2D eigenvalue weighted by Crippen LogP contribution is 2.49. The van der Waals surface area contributed by atoms with Gasteiger partial charge in [-0.3, -0.25) is 9.98 Å². The van der Waals surface area contributed by atoms with Crippen LogP contribution in [0.15, 0.2) is 69.7 Å². The molecule has 4 unspecified atom stereocenters. The second-order valence-corrected chi connectivity index (χ2v) is 7.25. The normalized spacial score (nSPS) is 36.1. The number of aliphatic imine (C=N–C) groups is 2. The standard InChI is InChI=1S/C22H24N4/c1-25-19-9-5-3-7-13(19)21-15-11-18(24)22(16(15)12-17(21)23)14-8-4-6-10-20(14)26-2/h3-10,13-14,21-24H,11-12H2,1-2H3. The van der Waals surface area contributed by atoms with Crippen molar-refractivity contribution in [2.45, 2.75) is 12.8 Å². The third-order valence-corrected chi connectivity index (χ3v) is 5.99. The van der Waals surface area contributed by atoms with Crippen molar-refractivity contribution in [2.24, 2.45) is 33.7 Å². The monoisotopic (exact) mass is 344 g/mol. The molecular formula is C22H24N4. The average molecular weight is 344 g/mol. The lowest BCUT2D eigenvalue weighted by Crippen LogP contribution is -2.30. The molecule has 0 heterocycles. The second kappa shape index (κ2) is 6.60. The maximum atomic E-state index is 8.68. The summed E-state index contributed by atoms with van der Waals surface area (Å²) in [6.45, 7) is 0. The zero-order chi connectivity index (χ0) is 18.3. The van der Waals surface area contributed by atoms with Gasteiger partial charge in [-0.05, 0) is 12.2 Å². The molecular weight excluding hydrogens is 320 g/mol. The van der Waals surface area contributed by atoms with E-state index in [9.17, 15) is 0 Å². The van der Waals surface area contributed by atoms with Gasteiger partial charge < -0.3 is 10.8 Å². The Bertz CT molecular complexity index is 804. The Kier molecular flexibility index (Phi) is 4.27. The molecule has 2 N–H and O–H groups in total. The van der Waals surface area contributed by atoms with Crippen LogP contribution < -0.4 is 0 Å². The van der Waals surface area contributed by atoms with E-state index >= 15 is 0 Å². The smallest absolute Gasteiger partial charge is 0.0423 e. The van der Waals surface area contributed by atoms with Crippen LogP contribution in [0.5, 0.6) is 0 Å². The van der Waals surface area contributed by atoms with Crippen molar-refractivity contribution < 1.29 is 0 Å². The van der Waals surface area contributed by atoms with Gasteiger partial charge in [0, 0.05) is 73.5 Å². The Balaban J connectivity index is 1.72. The largest absolute Gasteiger partial charge is 0.309 e. The molecule has 4 atom stereocenters. The molecule has 4 rings (SSSR count). The van der Waals surface area contributed by atoms with E-state index in [0.29, 0.717) is 12.8 Å². The molecule has 0 saturated carbocycles. The number of hydrogen-bond acceptors (Lipinski definition) is 4. The van der Waals surface area contributed by atoms with Gasteiger partial charge in [-0.15, -0.1) is 0 Å². The van der Waals surface area contributed by atoms with E-state index < -0.39 is 0 Å². The first-order valence-electron chi connectivity index (χ1n) is 9.15. The van der Waals surface area contributed by atoms with E-state index in [2.05, 4.69) is 34.3 Å². The fourth-order valence-corrected chi connectivity index (χ4v) is 4.87. The molecule has 0 aliphatic heterocycles. The summed E-state index contributed by atoms with van der Waals surface area (Å²) in [5, 5.41) is 17.4. The zero-order valence-electron chi connectivity index (χ0n) is 15.2. The zero-order valence-corrected chi connectivity index (χ0v) is 15.2. The van der Waals surface area contributed by atoms with E-state index in [-0.39, 0.29) is 23.7 Å². The van der Waals surface area contributed by atoms with Gasteiger partial charge in [-0.2, -0.15) is 0 Å². The molecule has 0 spiro atoms. The van der Waals surface area contributed by atoms with Crippen molar-refractivity contribution in [3.63, 3.8) is 0 Å². The van der Waals surface area contributed by atoms with Crippen molar-refractivity contribution in [3.8, 4) is 0 Å². The van der Waals surface area contributed by atoms with Crippen LogP contribution in [0.4, 0.5) is 0 Å². The van der Waals surface area contributed by atoms with E-state index in [1.165, 1.54) is 11.1 Å². The molecule has 4 nitrogen and oxygen atoms in total. The second-order valence-electron chi connectivity index (χ2n) is 7.25. The first-order chi connectivity index (χ1) is 12.7. The molecule has 0 bridgehead atoms. The Morgan fingerprint density at radius 1 is 0.731 bits per heavy atom. The van der Waals surface area contributed by atoms with Gasteiger partial charge in [0.15, 0.2) is 0 Å². The van der Waals surface area contributed by atoms with E-state index in [4.69, 9.17) is 10.8 Å². The van der Waals surface area contributed by atoms with Gasteiger partial charge in [-0.25, -0.2) is 0 Å². The third-order valence-electron chi connectivity index (χ3n) is 5.99. The van der Waals surface area contributed by atoms with Crippen LogP contribution >= 0.6 is 0 Å². The molecule has 0 radical (unpaired) electrons. The molecule has 4 heteroatoms. The van der Waals surface area contributed by atoms with Gasteiger partial charge in [0.25, 0.3) is 0 Å². The van der Waals surface area contributed by atoms with Gasteiger partial charge in [-0.1, -0.05) is 47.6 Å². The molecule has 0 fully saturated rings. The first kappa shape index (κ1) is 16.8. The van der Waals surface area contributed by atoms with Crippen LogP contribution in [0.3, 0.4) is 0 Å². The first-order valence-corrected chi connectivity index (χ1v) is 9.15. The minimum atomic E-state index is 0.0559. The van der Waals surface area contributed by atoms with Crippen molar-refractivity contribution in [1.82, 2.24) is 0 Å². The van der Waals surface area contributed by atoms with E-state index in [1.54, 1.807) is 0 Å². The molecule has 26 heavy (non-hydrogen) atoms. The molecule has 0 amide bonds. The van der Waals surface area contributed by atoms with Crippen LogP contribution in [0, 0.1) is 34.5 Å². The Labute approximate surface area is 154 Å². The number of nitrogens with zero attached hydrogens (tertiary/aromatic N) is 2. The molecule has 132 valence electrons. The molecule has 0 aromatic carbocycles. The van der Waals surface area contributed by atoms with Gasteiger partial charge in [0.05, 0.1) is 0 Å². The predicted molar refractivity (Wildman–Crippen MR) is 109 cm³/mol. The summed E-state index contributed by atoms with van der Waals surface area (Å²) in [6, 6.07) is 0. The Hall–Kier alpha value is -2.62. The lowest BCUT2D eigenvalue weighted by Gasteiger charge is -2.26. The fraction of sp³-hybridized carbons (Fsp3) is 0.364. The summed E-state index contributed by atoms with van der Waals surface area (Å²) >= 11 is 0. The summed E-state index contributed by atoms with van der Waals surface area (Å²) in [5.41, 5.74) is 6.17. The van der Waals surface area contributed by atoms with Crippen molar-refractivity contribution in [2.75, 3.05) is 14.1 Å². The highest BCUT2D eigenvalue weighted by atomic mass is 14.7. The Morgan fingerprint density at radius 3 is 1.54 bits per heavy atom. The summed E-state index contributed by atoms with van der Waals surface area (Å²) in [6.07, 6.45) is 17.9. The van der Waals surface area contributed by atoms with Crippen molar-refractivity contribution in [1.29, 1.82) is 10.8 Å². The fourth-order valence-electron chi connectivity index (χ4n) is 4.87. The summed E-state index contributed by atoms with van der Waals surface area (Å²) in [4.78, 5) is 8.88. The number of nitrogens with one attached hydrogen (secondary N) is 2. The minimum absolute atomic E-state index is 0.0559.